The second-order valence-electron chi connectivity index (χ2n) is 8.38. The third kappa shape index (κ3) is 5.14. The van der Waals surface area contributed by atoms with Crippen molar-refractivity contribution in [3.63, 3.8) is 0 Å². The lowest BCUT2D eigenvalue weighted by Gasteiger charge is -2.19. The van der Waals surface area contributed by atoms with Gasteiger partial charge in [-0.3, -0.25) is 4.79 Å². The number of fused-ring (bicyclic) bond motifs is 1. The molecule has 37 heavy (non-hydrogen) atoms. The van der Waals surface area contributed by atoms with E-state index in [9.17, 15) is 9.59 Å². The van der Waals surface area contributed by atoms with E-state index >= 15 is 0 Å². The van der Waals surface area contributed by atoms with Crippen LogP contribution >= 0.6 is 23.4 Å². The molecule has 5 rings (SSSR count). The summed E-state index contributed by atoms with van der Waals surface area (Å²) in [6.07, 6.45) is 2.14. The van der Waals surface area contributed by atoms with Crippen molar-refractivity contribution in [3.8, 4) is 0 Å². The molecule has 4 aromatic rings. The number of hydrogen-bond donors (Lipinski definition) is 0. The summed E-state index contributed by atoms with van der Waals surface area (Å²) in [7, 11) is 0. The summed E-state index contributed by atoms with van der Waals surface area (Å²) in [5, 5.41) is 7.52. The lowest BCUT2D eigenvalue weighted by atomic mass is 10.0. The summed E-state index contributed by atoms with van der Waals surface area (Å²) < 4.78 is 12.8. The average Bonchev–Trinajstić information content (AvgIpc) is 3.65. The minimum atomic E-state index is -0.382. The number of aromatic nitrogens is 2. The predicted octanol–water partition coefficient (Wildman–Crippen LogP) is 5.95. The lowest BCUT2D eigenvalue weighted by molar-refractivity contribution is -0.130. The lowest BCUT2D eigenvalue weighted by Crippen LogP contribution is -2.28. The first-order valence-electron chi connectivity index (χ1n) is 12.0. The highest BCUT2D eigenvalue weighted by molar-refractivity contribution is 7.99. The fraction of sp³-hybridized carbons (Fsp3) is 0.259. The normalized spacial score (nSPS) is 15.3. The Morgan fingerprint density at radius 1 is 1.16 bits per heavy atom. The summed E-state index contributed by atoms with van der Waals surface area (Å²) in [6.45, 7) is 4.76. The number of esters is 1. The van der Waals surface area contributed by atoms with Crippen LogP contribution < -0.4 is 0 Å². The van der Waals surface area contributed by atoms with Crippen LogP contribution in [0.25, 0.3) is 11.0 Å². The van der Waals surface area contributed by atoms with Crippen LogP contribution in [0.4, 0.5) is 0 Å². The number of halogens is 1. The number of aryl methyl sites for hydroxylation is 1. The Hall–Kier alpha value is -3.56. The fourth-order valence-corrected chi connectivity index (χ4v) is 5.37. The van der Waals surface area contributed by atoms with Crippen LogP contribution in [0.2, 0.25) is 5.02 Å². The van der Waals surface area contributed by atoms with Crippen molar-refractivity contribution < 1.29 is 18.7 Å². The molecule has 10 heteroatoms. The van der Waals surface area contributed by atoms with Crippen LogP contribution in [0.5, 0.6) is 0 Å². The number of benzene rings is 2. The van der Waals surface area contributed by atoms with Gasteiger partial charge in [0.25, 0.3) is 5.91 Å². The van der Waals surface area contributed by atoms with Gasteiger partial charge in [-0.2, -0.15) is 5.10 Å². The Morgan fingerprint density at radius 3 is 2.68 bits per heavy atom. The van der Waals surface area contributed by atoms with Gasteiger partial charge in [-0.05, 0) is 61.9 Å². The third-order valence-electron chi connectivity index (χ3n) is 6.08. The van der Waals surface area contributed by atoms with Gasteiger partial charge in [0.1, 0.15) is 11.8 Å². The molecule has 1 aliphatic rings. The van der Waals surface area contributed by atoms with E-state index in [-0.39, 0.29) is 23.7 Å². The summed E-state index contributed by atoms with van der Waals surface area (Å²) in [4.78, 5) is 30.3. The van der Waals surface area contributed by atoms with Crippen molar-refractivity contribution in [1.82, 2.24) is 14.6 Å². The van der Waals surface area contributed by atoms with Crippen LogP contribution in [-0.4, -0.2) is 44.5 Å². The molecular weight excluding hydrogens is 512 g/mol. The number of hydrazone groups is 1. The van der Waals surface area contributed by atoms with Crippen LogP contribution in [-0.2, 0) is 16.1 Å². The highest BCUT2D eigenvalue weighted by Gasteiger charge is 2.35. The molecule has 0 radical (unpaired) electrons. The molecule has 0 saturated carbocycles. The van der Waals surface area contributed by atoms with E-state index in [1.165, 1.54) is 16.8 Å². The standard InChI is InChI=1S/C27H25ClN4O4S/c1-3-31-22-12-9-18(26(34)35-4-2)14-21(22)29-27(31)37-16-25(33)32-23(24-6-5-13-36-24)15-20(30-32)17-7-10-19(28)11-8-17/h5-14,23H,3-4,15-16H2,1-2H3. The highest BCUT2D eigenvalue weighted by atomic mass is 35.5. The van der Waals surface area contributed by atoms with Crippen molar-refractivity contribution in [2.75, 3.05) is 12.4 Å². The SMILES string of the molecule is CCOC(=O)c1ccc2c(c1)nc(SCC(=O)N1N=C(c3ccc(Cl)cc3)CC1c1ccco1)n2CC. The Bertz CT molecular complexity index is 1460. The number of carbonyl (C=O) groups excluding carboxylic acids is 2. The first kappa shape index (κ1) is 25.1. The number of furan rings is 1. The Labute approximate surface area is 223 Å². The Kier molecular flexibility index (Phi) is 7.34. The monoisotopic (exact) mass is 536 g/mol. The van der Waals surface area contributed by atoms with E-state index in [2.05, 4.69) is 5.10 Å². The Morgan fingerprint density at radius 2 is 1.97 bits per heavy atom. The minimum Gasteiger partial charge on any atom is -0.467 e. The first-order chi connectivity index (χ1) is 18.0. The molecule has 1 aliphatic heterocycles. The smallest absolute Gasteiger partial charge is 0.338 e. The number of nitrogens with zero attached hydrogens (tertiary/aromatic N) is 4. The molecule has 190 valence electrons. The number of hydrogen-bond acceptors (Lipinski definition) is 7. The van der Waals surface area contributed by atoms with Crippen LogP contribution in [0.1, 0.15) is 48.0 Å². The second-order valence-corrected chi connectivity index (χ2v) is 9.76. The van der Waals surface area contributed by atoms with Crippen molar-refractivity contribution in [2.24, 2.45) is 5.10 Å². The minimum absolute atomic E-state index is 0.142. The van der Waals surface area contributed by atoms with E-state index in [1.807, 2.05) is 47.9 Å². The van der Waals surface area contributed by atoms with E-state index in [4.69, 9.17) is 25.7 Å². The van der Waals surface area contributed by atoms with Gasteiger partial charge in [-0.25, -0.2) is 14.8 Å². The molecule has 1 atom stereocenters. The zero-order valence-corrected chi connectivity index (χ0v) is 22.0. The van der Waals surface area contributed by atoms with Gasteiger partial charge >= 0.3 is 5.97 Å². The Balaban J connectivity index is 1.38. The van der Waals surface area contributed by atoms with Gasteiger partial charge in [0.15, 0.2) is 5.16 Å². The van der Waals surface area contributed by atoms with Crippen LogP contribution in [0, 0.1) is 0 Å². The van der Waals surface area contributed by atoms with Crippen LogP contribution in [0.3, 0.4) is 0 Å². The number of ether oxygens (including phenoxy) is 1. The molecule has 0 fully saturated rings. The molecule has 1 amide bonds. The van der Waals surface area contributed by atoms with Gasteiger partial charge in [-0.15, -0.1) is 0 Å². The predicted molar refractivity (Wildman–Crippen MR) is 143 cm³/mol. The highest BCUT2D eigenvalue weighted by Crippen LogP contribution is 2.34. The van der Waals surface area contributed by atoms with Gasteiger partial charge in [-0.1, -0.05) is 35.5 Å². The van der Waals surface area contributed by atoms with Gasteiger partial charge < -0.3 is 13.7 Å². The molecule has 2 aromatic heterocycles. The average molecular weight is 537 g/mol. The van der Waals surface area contributed by atoms with E-state index in [0.29, 0.717) is 46.6 Å². The zero-order valence-electron chi connectivity index (χ0n) is 20.4. The van der Waals surface area contributed by atoms with Crippen molar-refractivity contribution in [2.45, 2.75) is 38.0 Å². The van der Waals surface area contributed by atoms with E-state index < -0.39 is 0 Å². The quantitative estimate of drug-likeness (QED) is 0.204. The topological polar surface area (TPSA) is 89.9 Å². The van der Waals surface area contributed by atoms with Crippen LogP contribution in [0.15, 0.2) is 75.5 Å². The molecule has 0 N–H and O–H groups in total. The zero-order chi connectivity index (χ0) is 25.9. The summed E-state index contributed by atoms with van der Waals surface area (Å²) in [5.41, 5.74) is 3.73. The largest absolute Gasteiger partial charge is 0.467 e. The number of carbonyl (C=O) groups is 2. The van der Waals surface area contributed by atoms with E-state index in [0.717, 1.165) is 16.8 Å². The molecule has 1 unspecified atom stereocenters. The third-order valence-corrected chi connectivity index (χ3v) is 7.29. The number of imidazole rings is 1. The number of thioether (sulfide) groups is 1. The van der Waals surface area contributed by atoms with Crippen molar-refractivity contribution in [3.05, 3.63) is 82.8 Å². The summed E-state index contributed by atoms with van der Waals surface area (Å²) in [6, 6.07) is 16.1. The maximum atomic E-state index is 13.4. The molecule has 0 saturated heterocycles. The molecule has 2 aromatic carbocycles. The summed E-state index contributed by atoms with van der Waals surface area (Å²) >= 11 is 7.39. The number of amides is 1. The molecular formula is C27H25ClN4O4S. The fourth-order valence-electron chi connectivity index (χ4n) is 4.32. The van der Waals surface area contributed by atoms with E-state index in [1.54, 1.807) is 31.4 Å². The number of rotatable bonds is 8. The molecule has 0 bridgehead atoms. The maximum absolute atomic E-state index is 13.4. The summed E-state index contributed by atoms with van der Waals surface area (Å²) in [5.74, 6) is 0.283. The second kappa shape index (κ2) is 10.8. The van der Waals surface area contributed by atoms with Gasteiger partial charge in [0.2, 0.25) is 0 Å². The van der Waals surface area contributed by atoms with Gasteiger partial charge in [0, 0.05) is 18.0 Å². The van der Waals surface area contributed by atoms with Crippen molar-refractivity contribution >= 4 is 52.0 Å². The maximum Gasteiger partial charge on any atom is 0.338 e. The molecule has 8 nitrogen and oxygen atoms in total. The molecule has 0 spiro atoms. The first-order valence-corrected chi connectivity index (χ1v) is 13.3. The van der Waals surface area contributed by atoms with Gasteiger partial charge in [0.05, 0.1) is 40.9 Å². The molecule has 3 heterocycles. The van der Waals surface area contributed by atoms with Crippen molar-refractivity contribution in [1.29, 1.82) is 0 Å². The molecule has 0 aliphatic carbocycles.